The lowest BCUT2D eigenvalue weighted by Crippen LogP contribution is -2.41. The predicted molar refractivity (Wildman–Crippen MR) is 123 cm³/mol. The van der Waals surface area contributed by atoms with E-state index in [1.807, 2.05) is 39.0 Å². The number of rotatable bonds is 7. The van der Waals surface area contributed by atoms with E-state index in [-0.39, 0.29) is 36.7 Å². The Bertz CT molecular complexity index is 1130. The normalized spacial score (nSPS) is 15.4. The molecular formula is C24H29FN2O5S. The molecule has 1 saturated heterocycles. The van der Waals surface area contributed by atoms with Gasteiger partial charge in [0.1, 0.15) is 10.7 Å². The molecule has 1 aliphatic heterocycles. The molecule has 178 valence electrons. The predicted octanol–water partition coefficient (Wildman–Crippen LogP) is 3.84. The van der Waals surface area contributed by atoms with E-state index >= 15 is 0 Å². The van der Waals surface area contributed by atoms with Gasteiger partial charge < -0.3 is 10.1 Å². The third-order valence-corrected chi connectivity index (χ3v) is 7.71. The molecule has 0 aromatic heterocycles. The molecule has 0 unspecified atom stereocenters. The molecule has 1 N–H and O–H groups in total. The van der Waals surface area contributed by atoms with E-state index in [0.29, 0.717) is 0 Å². The van der Waals surface area contributed by atoms with Crippen LogP contribution in [0.5, 0.6) is 0 Å². The maximum atomic E-state index is 14.0. The Kier molecular flexibility index (Phi) is 7.86. The highest BCUT2D eigenvalue weighted by Crippen LogP contribution is 2.28. The number of nitrogens with zero attached hydrogens (tertiary/aromatic N) is 1. The molecule has 1 aliphatic rings. The fraction of sp³-hybridized carbons (Fsp3) is 0.417. The lowest BCUT2D eigenvalue weighted by Gasteiger charge is -2.30. The average molecular weight is 477 g/mol. The molecule has 2 aromatic carbocycles. The number of ether oxygens (including phenoxy) is 1. The van der Waals surface area contributed by atoms with Gasteiger partial charge in [0.2, 0.25) is 10.0 Å². The van der Waals surface area contributed by atoms with Gasteiger partial charge in [-0.15, -0.1) is 0 Å². The largest absolute Gasteiger partial charge is 0.455 e. The lowest BCUT2D eigenvalue weighted by molar-refractivity contribution is -0.152. The van der Waals surface area contributed by atoms with Crippen LogP contribution in [0.25, 0.3) is 0 Å². The molecular weight excluding hydrogens is 447 g/mol. The van der Waals surface area contributed by atoms with Gasteiger partial charge in [-0.05, 0) is 48.9 Å². The maximum absolute atomic E-state index is 14.0. The molecule has 7 nitrogen and oxygen atoms in total. The molecule has 1 fully saturated rings. The number of halogens is 1. The Morgan fingerprint density at radius 1 is 1.12 bits per heavy atom. The zero-order chi connectivity index (χ0) is 24.2. The third kappa shape index (κ3) is 5.78. The number of benzene rings is 2. The van der Waals surface area contributed by atoms with Gasteiger partial charge in [0, 0.05) is 18.8 Å². The van der Waals surface area contributed by atoms with Crippen LogP contribution in [0.4, 0.5) is 10.1 Å². The van der Waals surface area contributed by atoms with Crippen molar-refractivity contribution in [2.45, 2.75) is 44.4 Å². The van der Waals surface area contributed by atoms with Crippen LogP contribution < -0.4 is 5.32 Å². The van der Waals surface area contributed by atoms with Gasteiger partial charge in [-0.2, -0.15) is 4.31 Å². The molecule has 1 heterocycles. The van der Waals surface area contributed by atoms with E-state index in [0.717, 1.165) is 22.9 Å². The van der Waals surface area contributed by atoms with Crippen molar-refractivity contribution >= 4 is 27.6 Å². The standard InChI is InChI=1S/C24H29FN2O5S/c1-16(2)19-8-6-7-17(3)23(19)26-22(28)15-32-24(29)18-11-13-27(14-12-18)33(30,31)21-10-5-4-9-20(21)25/h4-10,16,18H,11-15H2,1-3H3,(H,26,28). The Hall–Kier alpha value is -2.78. The van der Waals surface area contributed by atoms with Crippen LogP contribution in [0.1, 0.15) is 43.7 Å². The SMILES string of the molecule is Cc1cccc(C(C)C)c1NC(=O)COC(=O)C1CCN(S(=O)(=O)c2ccccc2F)CC1. The number of amides is 1. The summed E-state index contributed by atoms with van der Waals surface area (Å²) in [4.78, 5) is 24.5. The molecule has 3 rings (SSSR count). The van der Waals surface area contributed by atoms with Crippen molar-refractivity contribution in [1.82, 2.24) is 4.31 Å². The summed E-state index contributed by atoms with van der Waals surface area (Å²) in [6.07, 6.45) is 0.479. The smallest absolute Gasteiger partial charge is 0.309 e. The fourth-order valence-electron chi connectivity index (χ4n) is 3.90. The average Bonchev–Trinajstić information content (AvgIpc) is 2.79. The second-order valence-corrected chi connectivity index (χ2v) is 10.4. The number of nitrogens with one attached hydrogen (secondary N) is 1. The van der Waals surface area contributed by atoms with Gasteiger partial charge in [-0.3, -0.25) is 9.59 Å². The minimum atomic E-state index is -3.98. The summed E-state index contributed by atoms with van der Waals surface area (Å²) >= 11 is 0. The number of piperidine rings is 1. The number of hydrogen-bond acceptors (Lipinski definition) is 5. The first-order chi connectivity index (χ1) is 15.6. The molecule has 33 heavy (non-hydrogen) atoms. The van der Waals surface area contributed by atoms with E-state index in [2.05, 4.69) is 5.32 Å². The van der Waals surface area contributed by atoms with Crippen molar-refractivity contribution in [1.29, 1.82) is 0 Å². The van der Waals surface area contributed by atoms with Crippen molar-refractivity contribution in [3.8, 4) is 0 Å². The highest BCUT2D eigenvalue weighted by molar-refractivity contribution is 7.89. The monoisotopic (exact) mass is 476 g/mol. The Morgan fingerprint density at radius 2 is 1.79 bits per heavy atom. The van der Waals surface area contributed by atoms with Gasteiger partial charge in [0.15, 0.2) is 6.61 Å². The van der Waals surface area contributed by atoms with E-state index in [1.54, 1.807) is 0 Å². The molecule has 0 aliphatic carbocycles. The Morgan fingerprint density at radius 3 is 2.42 bits per heavy atom. The lowest BCUT2D eigenvalue weighted by atomic mass is 9.98. The summed E-state index contributed by atoms with van der Waals surface area (Å²) in [5.74, 6) is -2.08. The number of carbonyl (C=O) groups is 2. The number of sulfonamides is 1. The highest BCUT2D eigenvalue weighted by Gasteiger charge is 2.34. The summed E-state index contributed by atoms with van der Waals surface area (Å²) in [7, 11) is -3.98. The number of anilines is 1. The summed E-state index contributed by atoms with van der Waals surface area (Å²) in [6, 6.07) is 11.0. The number of aryl methyl sites for hydroxylation is 1. The van der Waals surface area contributed by atoms with Crippen molar-refractivity contribution in [3.05, 3.63) is 59.4 Å². The first kappa shape index (κ1) is 24.9. The molecule has 0 bridgehead atoms. The second kappa shape index (κ2) is 10.4. The van der Waals surface area contributed by atoms with Crippen molar-refractivity contribution in [2.75, 3.05) is 25.0 Å². The molecule has 2 aromatic rings. The molecule has 0 radical (unpaired) electrons. The maximum Gasteiger partial charge on any atom is 0.309 e. The van der Waals surface area contributed by atoms with Crippen LogP contribution in [0.2, 0.25) is 0 Å². The van der Waals surface area contributed by atoms with E-state index < -0.39 is 40.2 Å². The van der Waals surface area contributed by atoms with Crippen molar-refractivity contribution < 1.29 is 27.1 Å². The molecule has 0 saturated carbocycles. The zero-order valence-corrected chi connectivity index (χ0v) is 19.8. The van der Waals surface area contributed by atoms with Gasteiger partial charge in [0.05, 0.1) is 5.92 Å². The van der Waals surface area contributed by atoms with Crippen LogP contribution >= 0.6 is 0 Å². The summed E-state index contributed by atoms with van der Waals surface area (Å²) < 4.78 is 45.7. The van der Waals surface area contributed by atoms with Gasteiger partial charge in [0.25, 0.3) is 5.91 Å². The first-order valence-corrected chi connectivity index (χ1v) is 12.4. The zero-order valence-electron chi connectivity index (χ0n) is 19.0. The number of esters is 1. The Labute approximate surface area is 194 Å². The minimum Gasteiger partial charge on any atom is -0.455 e. The first-order valence-electron chi connectivity index (χ1n) is 10.9. The summed E-state index contributed by atoms with van der Waals surface area (Å²) in [5.41, 5.74) is 2.64. The van der Waals surface area contributed by atoms with Gasteiger partial charge in [-0.1, -0.05) is 44.2 Å². The van der Waals surface area contributed by atoms with E-state index in [1.165, 1.54) is 22.5 Å². The topological polar surface area (TPSA) is 92.8 Å². The van der Waals surface area contributed by atoms with Gasteiger partial charge >= 0.3 is 5.97 Å². The minimum absolute atomic E-state index is 0.0730. The molecule has 9 heteroatoms. The van der Waals surface area contributed by atoms with E-state index in [4.69, 9.17) is 4.74 Å². The number of carbonyl (C=O) groups excluding carboxylic acids is 2. The quantitative estimate of drug-likeness (QED) is 0.613. The van der Waals surface area contributed by atoms with Crippen LogP contribution in [0.15, 0.2) is 47.4 Å². The van der Waals surface area contributed by atoms with E-state index in [9.17, 15) is 22.4 Å². The fourth-order valence-corrected chi connectivity index (χ4v) is 5.43. The van der Waals surface area contributed by atoms with Crippen molar-refractivity contribution in [3.63, 3.8) is 0 Å². The van der Waals surface area contributed by atoms with Crippen LogP contribution in [0.3, 0.4) is 0 Å². The van der Waals surface area contributed by atoms with Crippen LogP contribution in [0, 0.1) is 18.7 Å². The van der Waals surface area contributed by atoms with Crippen LogP contribution in [-0.4, -0.2) is 44.3 Å². The molecule has 1 amide bonds. The molecule has 0 spiro atoms. The molecule has 0 atom stereocenters. The highest BCUT2D eigenvalue weighted by atomic mass is 32.2. The Balaban J connectivity index is 1.53. The second-order valence-electron chi connectivity index (χ2n) is 8.46. The summed E-state index contributed by atoms with van der Waals surface area (Å²) in [5, 5.41) is 2.83. The van der Waals surface area contributed by atoms with Crippen LogP contribution in [-0.2, 0) is 24.3 Å². The van der Waals surface area contributed by atoms with Crippen molar-refractivity contribution in [2.24, 2.45) is 5.92 Å². The number of hydrogen-bond donors (Lipinski definition) is 1. The number of para-hydroxylation sites is 1. The summed E-state index contributed by atoms with van der Waals surface area (Å²) in [6.45, 7) is 5.69. The third-order valence-electron chi connectivity index (χ3n) is 5.78. The van der Waals surface area contributed by atoms with Gasteiger partial charge in [-0.25, -0.2) is 12.8 Å².